The van der Waals surface area contributed by atoms with E-state index in [-0.39, 0.29) is 11.9 Å². The Morgan fingerprint density at radius 3 is 2.73 bits per heavy atom. The number of carbonyl (C=O) groups is 1. The summed E-state index contributed by atoms with van der Waals surface area (Å²) in [6.07, 6.45) is 6.88. The molecule has 0 unspecified atom stereocenters. The maximum Gasteiger partial charge on any atom is 0.227 e. The van der Waals surface area contributed by atoms with Gasteiger partial charge in [0.25, 0.3) is 0 Å². The molecular formula is C19H20N6O. The molecule has 26 heavy (non-hydrogen) atoms. The van der Waals surface area contributed by atoms with Gasteiger partial charge in [-0.05, 0) is 59.5 Å². The number of hydrogen-bond acceptors (Lipinski definition) is 5. The summed E-state index contributed by atoms with van der Waals surface area (Å²) in [6.45, 7) is 0.794. The molecule has 3 aromatic rings. The highest BCUT2D eigenvalue weighted by Gasteiger charge is 2.28. The lowest BCUT2D eigenvalue weighted by molar-refractivity contribution is -0.134. The van der Waals surface area contributed by atoms with Gasteiger partial charge in [-0.3, -0.25) is 9.78 Å². The topological polar surface area (TPSA) is 76.8 Å². The predicted molar refractivity (Wildman–Crippen MR) is 95.4 cm³/mol. The Labute approximate surface area is 151 Å². The third-order valence-corrected chi connectivity index (χ3v) is 4.76. The van der Waals surface area contributed by atoms with Crippen molar-refractivity contribution in [2.75, 3.05) is 6.54 Å². The molecule has 1 fully saturated rings. The van der Waals surface area contributed by atoms with Crippen LogP contribution in [0.3, 0.4) is 0 Å². The molecule has 7 nitrogen and oxygen atoms in total. The van der Waals surface area contributed by atoms with Gasteiger partial charge in [-0.1, -0.05) is 18.2 Å². The Bertz CT molecular complexity index is 848. The van der Waals surface area contributed by atoms with Crippen molar-refractivity contribution in [2.24, 2.45) is 0 Å². The van der Waals surface area contributed by atoms with Crippen LogP contribution in [0.1, 0.15) is 36.6 Å². The molecule has 0 N–H and O–H groups in total. The fraction of sp³-hybridized carbons (Fsp3) is 0.316. The molecule has 1 aromatic carbocycles. The van der Waals surface area contributed by atoms with Crippen LogP contribution >= 0.6 is 0 Å². The number of benzene rings is 1. The highest BCUT2D eigenvalue weighted by molar-refractivity contribution is 5.79. The third kappa shape index (κ3) is 3.46. The molecule has 0 spiro atoms. The van der Waals surface area contributed by atoms with Crippen molar-refractivity contribution in [3.8, 4) is 5.69 Å². The number of nitrogens with zero attached hydrogens (tertiary/aromatic N) is 6. The van der Waals surface area contributed by atoms with Crippen LogP contribution in [0.15, 0.2) is 55.0 Å². The average Bonchev–Trinajstić information content (AvgIpc) is 3.24. The van der Waals surface area contributed by atoms with E-state index in [1.807, 2.05) is 47.4 Å². The molecule has 1 aliphatic heterocycles. The van der Waals surface area contributed by atoms with E-state index in [0.29, 0.717) is 6.42 Å². The van der Waals surface area contributed by atoms with Crippen molar-refractivity contribution in [1.82, 2.24) is 30.1 Å². The van der Waals surface area contributed by atoms with E-state index >= 15 is 0 Å². The number of piperidine rings is 1. The first kappa shape index (κ1) is 16.4. The summed E-state index contributed by atoms with van der Waals surface area (Å²) < 4.78 is 1.59. The number of amides is 1. The van der Waals surface area contributed by atoms with Crippen molar-refractivity contribution in [3.63, 3.8) is 0 Å². The molecule has 2 aromatic heterocycles. The Balaban J connectivity index is 1.48. The monoisotopic (exact) mass is 348 g/mol. The predicted octanol–water partition coefficient (Wildman–Crippen LogP) is 2.35. The summed E-state index contributed by atoms with van der Waals surface area (Å²) in [5, 5.41) is 11.1. The minimum absolute atomic E-state index is 0.0814. The van der Waals surface area contributed by atoms with Gasteiger partial charge in [-0.15, -0.1) is 5.10 Å². The molecule has 1 atom stereocenters. The molecular weight excluding hydrogens is 328 g/mol. The summed E-state index contributed by atoms with van der Waals surface area (Å²) >= 11 is 0. The van der Waals surface area contributed by atoms with E-state index in [1.165, 1.54) is 0 Å². The summed E-state index contributed by atoms with van der Waals surface area (Å²) in [7, 11) is 0. The van der Waals surface area contributed by atoms with Crippen molar-refractivity contribution in [1.29, 1.82) is 0 Å². The molecule has 0 bridgehead atoms. The number of likely N-dealkylation sites (tertiary alicyclic amines) is 1. The first-order valence-electron chi connectivity index (χ1n) is 8.84. The summed E-state index contributed by atoms with van der Waals surface area (Å²) in [6, 6.07) is 13.7. The zero-order valence-corrected chi connectivity index (χ0v) is 14.4. The Morgan fingerprint density at radius 2 is 2.00 bits per heavy atom. The number of rotatable bonds is 4. The SMILES string of the molecule is O=C(Cc1ccc(-n2cnnn2)cc1)N1CCCC[C@@H]1c1ccccn1. The fourth-order valence-corrected chi connectivity index (χ4v) is 3.43. The van der Waals surface area contributed by atoms with E-state index in [2.05, 4.69) is 20.5 Å². The van der Waals surface area contributed by atoms with Gasteiger partial charge in [0, 0.05) is 12.7 Å². The van der Waals surface area contributed by atoms with Gasteiger partial charge in [0.1, 0.15) is 6.33 Å². The lowest BCUT2D eigenvalue weighted by Gasteiger charge is -2.35. The maximum atomic E-state index is 12.9. The zero-order valence-electron chi connectivity index (χ0n) is 14.4. The van der Waals surface area contributed by atoms with Gasteiger partial charge in [0.15, 0.2) is 0 Å². The van der Waals surface area contributed by atoms with Gasteiger partial charge < -0.3 is 4.90 Å². The second-order valence-corrected chi connectivity index (χ2v) is 6.45. The van der Waals surface area contributed by atoms with E-state index in [1.54, 1.807) is 17.2 Å². The van der Waals surface area contributed by atoms with Crippen LogP contribution < -0.4 is 0 Å². The second-order valence-electron chi connectivity index (χ2n) is 6.45. The minimum atomic E-state index is 0.0814. The lowest BCUT2D eigenvalue weighted by Crippen LogP contribution is -2.39. The van der Waals surface area contributed by atoms with Crippen LogP contribution in [0.2, 0.25) is 0 Å². The molecule has 4 rings (SSSR count). The molecule has 1 amide bonds. The first-order chi connectivity index (χ1) is 12.8. The molecule has 132 valence electrons. The van der Waals surface area contributed by atoms with Crippen LogP contribution in [-0.4, -0.2) is 42.5 Å². The molecule has 3 heterocycles. The molecule has 0 saturated carbocycles. The summed E-state index contributed by atoms with van der Waals surface area (Å²) in [4.78, 5) is 19.4. The number of carbonyl (C=O) groups excluding carboxylic acids is 1. The Hall–Kier alpha value is -3.09. The standard InChI is InChI=1S/C19H20N6O/c26-19(13-15-7-9-16(10-8-15)25-14-21-22-23-25)24-12-4-2-6-18(24)17-5-1-3-11-20-17/h1,3,5,7-11,14,18H,2,4,6,12-13H2/t18-/m1/s1. The fourth-order valence-electron chi connectivity index (χ4n) is 3.43. The first-order valence-corrected chi connectivity index (χ1v) is 8.84. The van der Waals surface area contributed by atoms with E-state index < -0.39 is 0 Å². The molecule has 1 aliphatic rings. The number of tetrazole rings is 1. The van der Waals surface area contributed by atoms with Gasteiger partial charge in [0.05, 0.1) is 23.8 Å². The zero-order chi connectivity index (χ0) is 17.8. The normalized spacial score (nSPS) is 17.2. The van der Waals surface area contributed by atoms with Crippen LogP contribution in [0.5, 0.6) is 0 Å². The molecule has 1 saturated heterocycles. The Kier molecular flexibility index (Phi) is 4.68. The molecule has 0 radical (unpaired) electrons. The third-order valence-electron chi connectivity index (χ3n) is 4.76. The van der Waals surface area contributed by atoms with Gasteiger partial charge in [0.2, 0.25) is 5.91 Å². The number of aromatic nitrogens is 5. The van der Waals surface area contributed by atoms with Crippen molar-refractivity contribution < 1.29 is 4.79 Å². The largest absolute Gasteiger partial charge is 0.334 e. The van der Waals surface area contributed by atoms with Gasteiger partial charge >= 0.3 is 0 Å². The summed E-state index contributed by atoms with van der Waals surface area (Å²) in [5.41, 5.74) is 2.84. The van der Waals surface area contributed by atoms with Crippen LogP contribution in [-0.2, 0) is 11.2 Å². The minimum Gasteiger partial charge on any atom is -0.334 e. The van der Waals surface area contributed by atoms with Crippen molar-refractivity contribution in [3.05, 3.63) is 66.2 Å². The average molecular weight is 348 g/mol. The van der Waals surface area contributed by atoms with E-state index in [4.69, 9.17) is 0 Å². The summed E-state index contributed by atoms with van der Waals surface area (Å²) in [5.74, 6) is 0.149. The quantitative estimate of drug-likeness (QED) is 0.723. The van der Waals surface area contributed by atoms with Crippen LogP contribution in [0, 0.1) is 0 Å². The number of hydrogen-bond donors (Lipinski definition) is 0. The van der Waals surface area contributed by atoms with E-state index in [9.17, 15) is 4.79 Å². The highest BCUT2D eigenvalue weighted by Crippen LogP contribution is 2.30. The molecule has 0 aliphatic carbocycles. The van der Waals surface area contributed by atoms with Crippen LogP contribution in [0.4, 0.5) is 0 Å². The second kappa shape index (κ2) is 7.43. The lowest BCUT2D eigenvalue weighted by atomic mass is 9.97. The molecule has 7 heteroatoms. The van der Waals surface area contributed by atoms with Crippen LogP contribution in [0.25, 0.3) is 5.69 Å². The van der Waals surface area contributed by atoms with Gasteiger partial charge in [-0.2, -0.15) is 0 Å². The van der Waals surface area contributed by atoms with Crippen molar-refractivity contribution in [2.45, 2.75) is 31.7 Å². The number of pyridine rings is 1. The van der Waals surface area contributed by atoms with E-state index in [0.717, 1.165) is 42.8 Å². The van der Waals surface area contributed by atoms with Crippen molar-refractivity contribution >= 4 is 5.91 Å². The smallest absolute Gasteiger partial charge is 0.227 e. The Morgan fingerprint density at radius 1 is 1.12 bits per heavy atom. The highest BCUT2D eigenvalue weighted by atomic mass is 16.2. The van der Waals surface area contributed by atoms with Gasteiger partial charge in [-0.25, -0.2) is 4.68 Å². The maximum absolute atomic E-state index is 12.9.